The van der Waals surface area contributed by atoms with Gasteiger partial charge in [-0.2, -0.15) is 0 Å². The van der Waals surface area contributed by atoms with Crippen molar-refractivity contribution >= 4 is 12.0 Å². The molecule has 2 amide bonds. The largest absolute Gasteiger partial charge is 0.467 e. The molecule has 0 radical (unpaired) electrons. The molecule has 0 bridgehead atoms. The van der Waals surface area contributed by atoms with Crippen LogP contribution in [0.3, 0.4) is 0 Å². The van der Waals surface area contributed by atoms with Crippen LogP contribution >= 0.6 is 0 Å². The summed E-state index contributed by atoms with van der Waals surface area (Å²) in [6.45, 7) is 4.34. The van der Waals surface area contributed by atoms with Crippen molar-refractivity contribution < 1.29 is 29.0 Å². The van der Waals surface area contributed by atoms with Crippen LogP contribution < -0.4 is 10.6 Å². The first-order chi connectivity index (χ1) is 16.8. The Morgan fingerprint density at radius 2 is 1.91 bits per heavy atom. The Bertz CT molecular complexity index is 854. The van der Waals surface area contributed by atoms with Gasteiger partial charge in [0.15, 0.2) is 0 Å². The van der Waals surface area contributed by atoms with Gasteiger partial charge in [-0.3, -0.25) is 4.79 Å². The van der Waals surface area contributed by atoms with E-state index in [1.807, 2.05) is 13.0 Å². The minimum Gasteiger partial charge on any atom is -0.467 e. The summed E-state index contributed by atoms with van der Waals surface area (Å²) in [5, 5.41) is 27.5. The maximum absolute atomic E-state index is 12.8. The Kier molecular flexibility index (Phi) is 8.11. The van der Waals surface area contributed by atoms with E-state index in [0.717, 1.165) is 38.5 Å². The molecule has 1 aromatic rings. The summed E-state index contributed by atoms with van der Waals surface area (Å²) in [4.78, 5) is 25.5. The number of amides is 2. The van der Waals surface area contributed by atoms with Crippen LogP contribution in [0.1, 0.15) is 83.8 Å². The van der Waals surface area contributed by atoms with Crippen molar-refractivity contribution in [2.75, 3.05) is 6.61 Å². The summed E-state index contributed by atoms with van der Waals surface area (Å²) in [5.41, 5.74) is -0.989. The van der Waals surface area contributed by atoms with Gasteiger partial charge in [0.2, 0.25) is 5.91 Å². The van der Waals surface area contributed by atoms with Crippen LogP contribution in [0.2, 0.25) is 0 Å². The fourth-order valence-corrected chi connectivity index (χ4v) is 7.23. The fraction of sp³-hybridized carbons (Fsp3) is 0.778. The van der Waals surface area contributed by atoms with Crippen molar-refractivity contribution in [2.45, 2.75) is 103 Å². The van der Waals surface area contributed by atoms with E-state index >= 15 is 0 Å². The number of furan rings is 1. The highest BCUT2D eigenvalue weighted by Crippen LogP contribution is 2.61. The smallest absolute Gasteiger partial charge is 0.407 e. The molecule has 8 nitrogen and oxygen atoms in total. The number of nitrogens with one attached hydrogen (secondary N) is 2. The lowest BCUT2D eigenvalue weighted by atomic mass is 9.46. The van der Waals surface area contributed by atoms with Gasteiger partial charge in [0.05, 0.1) is 25.5 Å². The minimum atomic E-state index is -0.639. The van der Waals surface area contributed by atoms with Crippen LogP contribution in [0.5, 0.6) is 0 Å². The summed E-state index contributed by atoms with van der Waals surface area (Å²) in [6.07, 6.45) is 8.45. The topological polar surface area (TPSA) is 121 Å². The first kappa shape index (κ1) is 26.0. The monoisotopic (exact) mass is 490 g/mol. The Morgan fingerprint density at radius 1 is 1.14 bits per heavy atom. The molecule has 8 heteroatoms. The molecule has 0 aliphatic heterocycles. The van der Waals surface area contributed by atoms with Crippen LogP contribution in [-0.2, 0) is 16.1 Å². The average molecular weight is 491 g/mol. The number of carbonyl (C=O) groups is 2. The molecule has 1 heterocycles. The Labute approximate surface area is 208 Å². The van der Waals surface area contributed by atoms with Crippen LogP contribution in [0.15, 0.2) is 22.8 Å². The Morgan fingerprint density at radius 3 is 2.60 bits per heavy atom. The number of alkyl carbamates (subject to hydrolysis) is 1. The lowest BCUT2D eigenvalue weighted by molar-refractivity contribution is -0.186. The summed E-state index contributed by atoms with van der Waals surface area (Å²) >= 11 is 0. The molecular weight excluding hydrogens is 448 g/mol. The van der Waals surface area contributed by atoms with Crippen LogP contribution in [0, 0.1) is 22.7 Å². The van der Waals surface area contributed by atoms with E-state index in [2.05, 4.69) is 17.6 Å². The third kappa shape index (κ3) is 5.53. The second-order valence-electron chi connectivity index (χ2n) is 11.4. The number of hydrogen-bond acceptors (Lipinski definition) is 6. The van der Waals surface area contributed by atoms with Gasteiger partial charge in [-0.05, 0) is 67.9 Å². The molecule has 1 aromatic heterocycles. The second-order valence-corrected chi connectivity index (χ2v) is 11.4. The SMILES string of the molecule is C[C@]1(CO)[C@@H]2CC[C@@H](O)[C@@H](CC(=O)NCc3ccco3)[C@]2(C)CC[C@H]1OC(=O)NC1CCCCC1. The van der Waals surface area contributed by atoms with Gasteiger partial charge in [0.1, 0.15) is 11.9 Å². The summed E-state index contributed by atoms with van der Waals surface area (Å²) in [5.74, 6) is 0.347. The summed E-state index contributed by atoms with van der Waals surface area (Å²) in [7, 11) is 0. The second kappa shape index (κ2) is 10.9. The molecular formula is C27H42N2O6. The number of carbonyl (C=O) groups excluding carboxylic acids is 2. The Balaban J connectivity index is 1.43. The molecule has 3 aliphatic rings. The van der Waals surface area contributed by atoms with E-state index in [4.69, 9.17) is 9.15 Å². The van der Waals surface area contributed by atoms with Gasteiger partial charge in [-0.15, -0.1) is 0 Å². The Hall–Kier alpha value is -2.06. The zero-order valence-corrected chi connectivity index (χ0v) is 21.1. The molecule has 3 aliphatic carbocycles. The number of rotatable bonds is 7. The number of fused-ring (bicyclic) bond motifs is 1. The first-order valence-corrected chi connectivity index (χ1v) is 13.3. The van der Waals surface area contributed by atoms with Gasteiger partial charge < -0.3 is 30.0 Å². The van der Waals surface area contributed by atoms with Crippen molar-refractivity contribution in [1.29, 1.82) is 0 Å². The lowest BCUT2D eigenvalue weighted by Gasteiger charge is -2.60. The molecule has 6 atom stereocenters. The van der Waals surface area contributed by atoms with Crippen LogP contribution in [-0.4, -0.2) is 47.1 Å². The third-order valence-corrected chi connectivity index (χ3v) is 9.30. The maximum Gasteiger partial charge on any atom is 0.407 e. The maximum atomic E-state index is 12.8. The first-order valence-electron chi connectivity index (χ1n) is 13.3. The number of aliphatic hydroxyl groups excluding tert-OH is 2. The van der Waals surface area contributed by atoms with Crippen LogP contribution in [0.4, 0.5) is 4.79 Å². The van der Waals surface area contributed by atoms with Gasteiger partial charge in [-0.1, -0.05) is 33.1 Å². The average Bonchev–Trinajstić information content (AvgIpc) is 3.36. The quantitative estimate of drug-likeness (QED) is 0.460. The zero-order valence-electron chi connectivity index (χ0n) is 21.1. The van der Waals surface area contributed by atoms with Gasteiger partial charge in [0, 0.05) is 17.9 Å². The number of ether oxygens (including phenoxy) is 1. The highest BCUT2D eigenvalue weighted by molar-refractivity contribution is 5.76. The standard InChI is InChI=1S/C27H42N2O6/c1-26-13-12-23(35-25(33)29-18-7-4-3-5-8-18)27(2,17-30)22(26)11-10-21(31)20(26)15-24(32)28-16-19-9-6-14-34-19/h6,9,14,18,20-23,30-31H,3-5,7-8,10-13,15-17H2,1-2H3,(H,28,32)(H,29,33)/t20-,21-,22-,23-,26+,27+/m1/s1. The molecule has 0 saturated heterocycles. The van der Waals surface area contributed by atoms with E-state index in [1.54, 1.807) is 12.3 Å². The molecule has 0 unspecified atom stereocenters. The van der Waals surface area contributed by atoms with Crippen molar-refractivity contribution in [1.82, 2.24) is 10.6 Å². The van der Waals surface area contributed by atoms with Gasteiger partial charge in [-0.25, -0.2) is 4.79 Å². The minimum absolute atomic E-state index is 0.0208. The lowest BCUT2D eigenvalue weighted by Crippen LogP contribution is -2.61. The molecule has 196 valence electrons. The zero-order chi connectivity index (χ0) is 25.1. The third-order valence-electron chi connectivity index (χ3n) is 9.30. The molecule has 0 spiro atoms. The highest BCUT2D eigenvalue weighted by atomic mass is 16.6. The van der Waals surface area contributed by atoms with Crippen molar-refractivity contribution in [3.05, 3.63) is 24.2 Å². The van der Waals surface area contributed by atoms with E-state index in [9.17, 15) is 19.8 Å². The molecule has 3 fully saturated rings. The normalized spacial score (nSPS) is 35.7. The number of hydrogen-bond donors (Lipinski definition) is 4. The number of aliphatic hydroxyl groups is 2. The van der Waals surface area contributed by atoms with Crippen molar-refractivity contribution in [3.63, 3.8) is 0 Å². The predicted molar refractivity (Wildman–Crippen MR) is 130 cm³/mol. The van der Waals surface area contributed by atoms with Crippen LogP contribution in [0.25, 0.3) is 0 Å². The highest BCUT2D eigenvalue weighted by Gasteiger charge is 2.60. The summed E-state index contributed by atoms with van der Waals surface area (Å²) < 4.78 is 11.3. The molecule has 3 saturated carbocycles. The van der Waals surface area contributed by atoms with Gasteiger partial charge in [0.25, 0.3) is 0 Å². The fourth-order valence-electron chi connectivity index (χ4n) is 7.23. The molecule has 4 rings (SSSR count). The van der Waals surface area contributed by atoms with Gasteiger partial charge >= 0.3 is 6.09 Å². The van der Waals surface area contributed by atoms with E-state index in [-0.39, 0.29) is 42.2 Å². The van der Waals surface area contributed by atoms with E-state index in [0.29, 0.717) is 25.1 Å². The van der Waals surface area contributed by atoms with Crippen molar-refractivity contribution in [2.24, 2.45) is 22.7 Å². The molecule has 0 aromatic carbocycles. The van der Waals surface area contributed by atoms with Crippen molar-refractivity contribution in [3.8, 4) is 0 Å². The van der Waals surface area contributed by atoms with E-state index in [1.165, 1.54) is 6.42 Å². The summed E-state index contributed by atoms with van der Waals surface area (Å²) in [6, 6.07) is 3.76. The molecule has 35 heavy (non-hydrogen) atoms. The molecule has 4 N–H and O–H groups in total. The van der Waals surface area contributed by atoms with E-state index < -0.39 is 23.7 Å². The predicted octanol–water partition coefficient (Wildman–Crippen LogP) is 3.90.